The molecule has 6 heteroatoms. The first-order valence-corrected chi connectivity index (χ1v) is 16.2. The minimum Gasteiger partial charge on any atom is -0.403 e. The molecule has 1 aliphatic heterocycles. The van der Waals surface area contributed by atoms with E-state index in [0.29, 0.717) is 13.2 Å². The molecular weight excluding hydrogens is 528 g/mol. The third-order valence-corrected chi connectivity index (χ3v) is 14.1. The molecule has 0 saturated carbocycles. The predicted molar refractivity (Wildman–Crippen MR) is 163 cm³/mol. The van der Waals surface area contributed by atoms with Crippen molar-refractivity contribution in [3.63, 3.8) is 0 Å². The van der Waals surface area contributed by atoms with Crippen LogP contribution in [0.4, 0.5) is 0 Å². The molecule has 5 rings (SSSR count). The van der Waals surface area contributed by atoms with Gasteiger partial charge in [-0.25, -0.2) is 0 Å². The van der Waals surface area contributed by atoms with Gasteiger partial charge in [0.05, 0.1) is 25.2 Å². The number of ether oxygens (including phenoxy) is 2. The van der Waals surface area contributed by atoms with Crippen LogP contribution in [-0.4, -0.2) is 33.0 Å². The highest BCUT2D eigenvalue weighted by Gasteiger charge is 2.66. The molecule has 1 fully saturated rings. The van der Waals surface area contributed by atoms with E-state index in [1.54, 1.807) is 6.92 Å². The van der Waals surface area contributed by atoms with Crippen LogP contribution in [0.2, 0.25) is 5.04 Å². The van der Waals surface area contributed by atoms with E-state index in [-0.39, 0.29) is 5.04 Å². The summed E-state index contributed by atoms with van der Waals surface area (Å²) in [7, 11) is -2.84. The number of fused-ring (bicyclic) bond motifs is 1. The van der Waals surface area contributed by atoms with Gasteiger partial charge >= 0.3 is 11.9 Å². The minimum absolute atomic E-state index is 0.199. The number of esters is 2. The first-order valence-electron chi connectivity index (χ1n) is 14.3. The summed E-state index contributed by atoms with van der Waals surface area (Å²) in [5.74, 6) is -1.71. The van der Waals surface area contributed by atoms with Crippen molar-refractivity contribution in [2.75, 3.05) is 6.61 Å². The van der Waals surface area contributed by atoms with Gasteiger partial charge in [-0.1, -0.05) is 132 Å². The van der Waals surface area contributed by atoms with Gasteiger partial charge in [0.2, 0.25) is 0 Å². The largest absolute Gasteiger partial charge is 0.403 e. The van der Waals surface area contributed by atoms with Gasteiger partial charge in [-0.15, -0.1) is 0 Å². The monoisotopic (exact) mass is 568 g/mol. The summed E-state index contributed by atoms with van der Waals surface area (Å²) in [6, 6.07) is 30.8. The lowest BCUT2D eigenvalue weighted by molar-refractivity contribution is -0.157. The Morgan fingerprint density at radius 2 is 1.29 bits per heavy atom. The van der Waals surface area contributed by atoms with Crippen molar-refractivity contribution in [1.29, 1.82) is 0 Å². The molecule has 0 radical (unpaired) electrons. The lowest BCUT2D eigenvalue weighted by Gasteiger charge is -2.48. The van der Waals surface area contributed by atoms with Gasteiger partial charge in [-0.3, -0.25) is 9.59 Å². The van der Waals surface area contributed by atoms with Crippen molar-refractivity contribution >= 4 is 30.6 Å². The maximum absolute atomic E-state index is 13.3. The third-order valence-electron chi connectivity index (χ3n) is 9.09. The molecule has 3 aromatic rings. The molecule has 1 saturated heterocycles. The summed E-state index contributed by atoms with van der Waals surface area (Å²) in [5.41, 5.74) is 0.123. The maximum Gasteiger partial charge on any atom is 0.323 e. The number of benzene rings is 3. The molecule has 3 aromatic carbocycles. The number of cyclic esters (lactones) is 2. The minimum atomic E-state index is -2.84. The van der Waals surface area contributed by atoms with Crippen molar-refractivity contribution in [2.45, 2.75) is 59.3 Å². The van der Waals surface area contributed by atoms with Crippen LogP contribution >= 0.6 is 0 Å². The second-order valence-electron chi connectivity index (χ2n) is 13.0. The normalized spacial score (nSPS) is 24.0. The molecular formula is C35H40O5Si. The van der Waals surface area contributed by atoms with Crippen LogP contribution in [0.3, 0.4) is 0 Å². The first-order chi connectivity index (χ1) is 19.4. The maximum atomic E-state index is 13.3. The average Bonchev–Trinajstić information content (AvgIpc) is 3.19. The zero-order chi connectivity index (χ0) is 29.5. The number of hydrogen-bond donors (Lipinski definition) is 0. The van der Waals surface area contributed by atoms with Crippen molar-refractivity contribution in [2.24, 2.45) is 16.7 Å². The summed E-state index contributed by atoms with van der Waals surface area (Å²) < 4.78 is 19.0. The summed E-state index contributed by atoms with van der Waals surface area (Å²) >= 11 is 0. The zero-order valence-electron chi connectivity index (χ0n) is 24.8. The van der Waals surface area contributed by atoms with E-state index in [9.17, 15) is 9.59 Å². The lowest BCUT2D eigenvalue weighted by Crippen LogP contribution is -2.67. The van der Waals surface area contributed by atoms with E-state index >= 15 is 0 Å². The van der Waals surface area contributed by atoms with Crippen LogP contribution in [0.1, 0.15) is 47.1 Å². The van der Waals surface area contributed by atoms with E-state index in [0.717, 1.165) is 11.1 Å². The van der Waals surface area contributed by atoms with Crippen LogP contribution in [0.25, 0.3) is 0 Å². The number of rotatable bonds is 8. The quantitative estimate of drug-likeness (QED) is 0.148. The molecule has 0 bridgehead atoms. The molecule has 5 nitrogen and oxygen atoms in total. The topological polar surface area (TPSA) is 61.8 Å². The fourth-order valence-electron chi connectivity index (χ4n) is 6.87. The van der Waals surface area contributed by atoms with Gasteiger partial charge in [0.15, 0.2) is 0 Å². The molecule has 0 spiro atoms. The molecule has 0 N–H and O–H groups in total. The van der Waals surface area contributed by atoms with Crippen LogP contribution in [0.15, 0.2) is 103 Å². The van der Waals surface area contributed by atoms with Crippen LogP contribution in [0, 0.1) is 16.7 Å². The summed E-state index contributed by atoms with van der Waals surface area (Å²) in [6.45, 7) is 13.2. The van der Waals surface area contributed by atoms with Crippen molar-refractivity contribution in [1.82, 2.24) is 0 Å². The Morgan fingerprint density at radius 1 is 0.780 bits per heavy atom. The number of hydrogen-bond acceptors (Lipinski definition) is 5. The Hall–Kier alpha value is -3.32. The Balaban J connectivity index is 1.58. The van der Waals surface area contributed by atoms with Gasteiger partial charge in [-0.05, 0) is 33.5 Å². The zero-order valence-corrected chi connectivity index (χ0v) is 25.8. The van der Waals surface area contributed by atoms with Gasteiger partial charge in [0.1, 0.15) is 5.41 Å². The molecule has 0 aromatic heterocycles. The van der Waals surface area contributed by atoms with Crippen molar-refractivity contribution in [3.05, 3.63) is 108 Å². The second kappa shape index (κ2) is 10.8. The van der Waals surface area contributed by atoms with Gasteiger partial charge < -0.3 is 13.9 Å². The highest BCUT2D eigenvalue weighted by Crippen LogP contribution is 2.56. The SMILES string of the molecule is CC1(C)C(CO[Si](c2ccccc2)(c2ccccc2)C(C)(C)C)=C[C@H](OCc2ccccc2)[C@]2(C)C(=O)OC(=O)[C@H]12. The van der Waals surface area contributed by atoms with Crippen molar-refractivity contribution < 1.29 is 23.5 Å². The van der Waals surface area contributed by atoms with Gasteiger partial charge in [0, 0.05) is 5.41 Å². The summed E-state index contributed by atoms with van der Waals surface area (Å²) in [5, 5.41) is 2.17. The Bertz CT molecular complexity index is 1390. The van der Waals surface area contributed by atoms with Gasteiger partial charge in [0.25, 0.3) is 8.32 Å². The molecule has 1 aliphatic carbocycles. The van der Waals surface area contributed by atoms with E-state index in [2.05, 4.69) is 69.3 Å². The highest BCUT2D eigenvalue weighted by atomic mass is 28.4. The molecule has 0 amide bonds. The number of carbonyl (C=O) groups is 2. The molecule has 41 heavy (non-hydrogen) atoms. The van der Waals surface area contributed by atoms with E-state index < -0.39 is 43.1 Å². The lowest BCUT2D eigenvalue weighted by atomic mass is 9.56. The first kappa shape index (κ1) is 29.2. The fourth-order valence-corrected chi connectivity index (χ4v) is 11.4. The van der Waals surface area contributed by atoms with Crippen LogP contribution in [-0.2, 0) is 30.1 Å². The van der Waals surface area contributed by atoms with E-state index in [4.69, 9.17) is 13.9 Å². The molecule has 214 valence electrons. The Kier molecular flexibility index (Phi) is 7.70. The standard InChI is InChI=1S/C35H40O5Si/c1-33(2,3)41(27-18-12-8-13-19-27,28-20-14-9-15-21-28)39-24-26-22-29(38-23-25-16-10-7-11-17-25)35(6)30(34(26,4)5)31(36)40-32(35)37/h7-22,29-30H,23-24H2,1-6H3/t29-,30+,35-/m0/s1. The van der Waals surface area contributed by atoms with Crippen LogP contribution in [0.5, 0.6) is 0 Å². The Morgan fingerprint density at radius 3 is 1.80 bits per heavy atom. The summed E-state index contributed by atoms with van der Waals surface area (Å²) in [4.78, 5) is 26.4. The highest BCUT2D eigenvalue weighted by molar-refractivity contribution is 6.99. The van der Waals surface area contributed by atoms with Gasteiger partial charge in [-0.2, -0.15) is 0 Å². The predicted octanol–water partition coefficient (Wildman–Crippen LogP) is 5.82. The Labute approximate surface area is 244 Å². The average molecular weight is 569 g/mol. The van der Waals surface area contributed by atoms with E-state index in [1.165, 1.54) is 10.4 Å². The number of carbonyl (C=O) groups excluding carboxylic acids is 2. The van der Waals surface area contributed by atoms with E-state index in [1.807, 2.05) is 62.4 Å². The fraction of sp³-hybridized carbons (Fsp3) is 0.371. The molecule has 2 aliphatic rings. The second-order valence-corrected chi connectivity index (χ2v) is 17.3. The molecule has 1 heterocycles. The molecule has 0 unspecified atom stereocenters. The van der Waals surface area contributed by atoms with Crippen molar-refractivity contribution in [3.8, 4) is 0 Å². The smallest absolute Gasteiger partial charge is 0.323 e. The van der Waals surface area contributed by atoms with Crippen LogP contribution < -0.4 is 10.4 Å². The summed E-state index contributed by atoms with van der Waals surface area (Å²) in [6.07, 6.45) is 1.38. The third kappa shape index (κ3) is 4.92. The molecule has 3 atom stereocenters.